The van der Waals surface area contributed by atoms with Crippen LogP contribution in [0.15, 0.2) is 37.1 Å². The van der Waals surface area contributed by atoms with Crippen LogP contribution in [0.2, 0.25) is 0 Å². The molecule has 0 spiro atoms. The molecule has 0 aliphatic heterocycles. The fourth-order valence-electron chi connectivity index (χ4n) is 1.14. The van der Waals surface area contributed by atoms with Crippen molar-refractivity contribution in [1.29, 1.82) is 0 Å². The number of rotatable bonds is 7. The van der Waals surface area contributed by atoms with Gasteiger partial charge in [-0.15, -0.1) is 0 Å². The Kier molecular flexibility index (Phi) is 7.01. The van der Waals surface area contributed by atoms with Gasteiger partial charge in [-0.2, -0.15) is 0 Å². The van der Waals surface area contributed by atoms with E-state index in [1.165, 1.54) is 0 Å². The van der Waals surface area contributed by atoms with Crippen molar-refractivity contribution in [2.45, 2.75) is 13.3 Å². The molecular formula is C13H22N2O. The van der Waals surface area contributed by atoms with Gasteiger partial charge in [0.1, 0.15) is 0 Å². The minimum absolute atomic E-state index is 0.167. The SMILES string of the molecule is C=C/C=C\C(=C)N(C)CCN(C)C(=O)CC. The van der Waals surface area contributed by atoms with E-state index in [0.717, 1.165) is 12.2 Å². The van der Waals surface area contributed by atoms with E-state index in [1.54, 1.807) is 11.0 Å². The van der Waals surface area contributed by atoms with E-state index in [-0.39, 0.29) is 5.91 Å². The standard InChI is InChI=1S/C13H22N2O/c1-6-8-9-12(3)14(4)10-11-15(5)13(16)7-2/h6,8-9H,1,3,7,10-11H2,2,4-5H3/b9-8-. The molecule has 0 unspecified atom stereocenters. The fraction of sp³-hybridized carbons (Fsp3) is 0.462. The molecule has 90 valence electrons. The summed E-state index contributed by atoms with van der Waals surface area (Å²) >= 11 is 0. The molecule has 1 amide bonds. The number of allylic oxidation sites excluding steroid dienone is 3. The number of carbonyl (C=O) groups excluding carboxylic acids is 1. The second kappa shape index (κ2) is 7.74. The van der Waals surface area contributed by atoms with Crippen LogP contribution < -0.4 is 0 Å². The number of likely N-dealkylation sites (N-methyl/N-ethyl adjacent to an activating group) is 2. The normalized spacial score (nSPS) is 10.2. The number of amides is 1. The highest BCUT2D eigenvalue weighted by molar-refractivity contribution is 5.75. The molecule has 0 aromatic carbocycles. The van der Waals surface area contributed by atoms with Gasteiger partial charge < -0.3 is 9.80 Å². The average molecular weight is 222 g/mol. The molecule has 0 rings (SSSR count). The molecule has 3 heteroatoms. The molecule has 3 nitrogen and oxygen atoms in total. The van der Waals surface area contributed by atoms with Gasteiger partial charge in [-0.05, 0) is 6.08 Å². The van der Waals surface area contributed by atoms with Crippen LogP contribution in [0.25, 0.3) is 0 Å². The molecule has 0 saturated carbocycles. The van der Waals surface area contributed by atoms with Crippen LogP contribution in [0, 0.1) is 0 Å². The van der Waals surface area contributed by atoms with Gasteiger partial charge in [-0.3, -0.25) is 4.79 Å². The summed E-state index contributed by atoms with van der Waals surface area (Å²) in [7, 11) is 3.78. The van der Waals surface area contributed by atoms with E-state index < -0.39 is 0 Å². The third-order valence-electron chi connectivity index (χ3n) is 2.41. The van der Waals surface area contributed by atoms with Crippen LogP contribution in [0.5, 0.6) is 0 Å². The van der Waals surface area contributed by atoms with Gasteiger partial charge >= 0.3 is 0 Å². The molecule has 0 bridgehead atoms. The van der Waals surface area contributed by atoms with Crippen molar-refractivity contribution < 1.29 is 4.79 Å². The molecule has 0 aromatic rings. The van der Waals surface area contributed by atoms with Crippen molar-refractivity contribution in [1.82, 2.24) is 9.80 Å². The lowest BCUT2D eigenvalue weighted by Gasteiger charge is -2.23. The summed E-state index contributed by atoms with van der Waals surface area (Å²) < 4.78 is 0. The Morgan fingerprint density at radius 2 is 1.81 bits per heavy atom. The summed E-state index contributed by atoms with van der Waals surface area (Å²) in [5.74, 6) is 0.167. The number of hydrogen-bond acceptors (Lipinski definition) is 2. The Labute approximate surface area is 98.7 Å². The Morgan fingerprint density at radius 3 is 2.31 bits per heavy atom. The Bertz CT molecular complexity index is 282. The van der Waals surface area contributed by atoms with Crippen LogP contribution >= 0.6 is 0 Å². The summed E-state index contributed by atoms with van der Waals surface area (Å²) in [5, 5.41) is 0. The predicted molar refractivity (Wildman–Crippen MR) is 69.0 cm³/mol. The monoisotopic (exact) mass is 222 g/mol. The van der Waals surface area contributed by atoms with E-state index in [2.05, 4.69) is 13.2 Å². The molecule has 0 aliphatic carbocycles. The third kappa shape index (κ3) is 5.39. The second-order valence-corrected chi connectivity index (χ2v) is 3.68. The van der Waals surface area contributed by atoms with Gasteiger partial charge in [0.15, 0.2) is 0 Å². The highest BCUT2D eigenvalue weighted by Gasteiger charge is 2.06. The molecule has 0 aromatic heterocycles. The lowest BCUT2D eigenvalue weighted by Crippen LogP contribution is -2.33. The molecule has 0 heterocycles. The smallest absolute Gasteiger partial charge is 0.222 e. The summed E-state index contributed by atoms with van der Waals surface area (Å²) in [6.45, 7) is 10.9. The zero-order chi connectivity index (χ0) is 12.6. The van der Waals surface area contributed by atoms with Gasteiger partial charge in [0, 0.05) is 39.3 Å². The van der Waals surface area contributed by atoms with Crippen LogP contribution in [-0.2, 0) is 4.79 Å². The first kappa shape index (κ1) is 14.5. The number of nitrogens with zero attached hydrogens (tertiary/aromatic N) is 2. The predicted octanol–water partition coefficient (Wildman–Crippen LogP) is 2.04. The van der Waals surface area contributed by atoms with Crippen molar-refractivity contribution in [2.75, 3.05) is 27.2 Å². The van der Waals surface area contributed by atoms with Gasteiger partial charge in [0.25, 0.3) is 0 Å². The Hall–Kier alpha value is -1.51. The van der Waals surface area contributed by atoms with Crippen LogP contribution in [0.3, 0.4) is 0 Å². The van der Waals surface area contributed by atoms with Crippen LogP contribution in [0.4, 0.5) is 0 Å². The van der Waals surface area contributed by atoms with E-state index >= 15 is 0 Å². The first-order chi connectivity index (χ1) is 7.52. The zero-order valence-electron chi connectivity index (χ0n) is 10.6. The number of carbonyl (C=O) groups is 1. The minimum atomic E-state index is 0.167. The first-order valence-electron chi connectivity index (χ1n) is 5.46. The minimum Gasteiger partial charge on any atom is -0.373 e. The molecule has 0 aliphatic rings. The topological polar surface area (TPSA) is 23.6 Å². The Balaban J connectivity index is 4.01. The maximum absolute atomic E-state index is 11.3. The van der Waals surface area contributed by atoms with E-state index in [4.69, 9.17) is 0 Å². The van der Waals surface area contributed by atoms with E-state index in [0.29, 0.717) is 13.0 Å². The highest BCUT2D eigenvalue weighted by Crippen LogP contribution is 2.00. The van der Waals surface area contributed by atoms with Gasteiger partial charge in [-0.25, -0.2) is 0 Å². The van der Waals surface area contributed by atoms with Gasteiger partial charge in [0.05, 0.1) is 0 Å². The molecule has 0 N–H and O–H groups in total. The van der Waals surface area contributed by atoms with Crippen molar-refractivity contribution in [3.8, 4) is 0 Å². The summed E-state index contributed by atoms with van der Waals surface area (Å²) in [4.78, 5) is 15.1. The number of hydrogen-bond donors (Lipinski definition) is 0. The average Bonchev–Trinajstić information content (AvgIpc) is 2.31. The van der Waals surface area contributed by atoms with Crippen LogP contribution in [-0.4, -0.2) is 42.9 Å². The molecular weight excluding hydrogens is 200 g/mol. The zero-order valence-corrected chi connectivity index (χ0v) is 10.6. The second-order valence-electron chi connectivity index (χ2n) is 3.68. The van der Waals surface area contributed by atoms with Gasteiger partial charge in [-0.1, -0.05) is 32.2 Å². The molecule has 0 radical (unpaired) electrons. The maximum atomic E-state index is 11.3. The molecule has 16 heavy (non-hydrogen) atoms. The lowest BCUT2D eigenvalue weighted by molar-refractivity contribution is -0.129. The van der Waals surface area contributed by atoms with Crippen LogP contribution in [0.1, 0.15) is 13.3 Å². The van der Waals surface area contributed by atoms with E-state index in [9.17, 15) is 4.79 Å². The first-order valence-corrected chi connectivity index (χ1v) is 5.46. The highest BCUT2D eigenvalue weighted by atomic mass is 16.2. The van der Waals surface area contributed by atoms with Crippen molar-refractivity contribution in [2.24, 2.45) is 0 Å². The van der Waals surface area contributed by atoms with Crippen molar-refractivity contribution in [3.05, 3.63) is 37.1 Å². The molecule has 0 fully saturated rings. The fourth-order valence-corrected chi connectivity index (χ4v) is 1.14. The Morgan fingerprint density at radius 1 is 1.25 bits per heavy atom. The summed E-state index contributed by atoms with van der Waals surface area (Å²) in [6.07, 6.45) is 6.01. The summed E-state index contributed by atoms with van der Waals surface area (Å²) in [5.41, 5.74) is 0.914. The third-order valence-corrected chi connectivity index (χ3v) is 2.41. The summed E-state index contributed by atoms with van der Waals surface area (Å²) in [6, 6.07) is 0. The lowest BCUT2D eigenvalue weighted by atomic mass is 10.3. The largest absolute Gasteiger partial charge is 0.373 e. The van der Waals surface area contributed by atoms with Crippen molar-refractivity contribution in [3.63, 3.8) is 0 Å². The molecule has 0 saturated heterocycles. The van der Waals surface area contributed by atoms with Crippen molar-refractivity contribution >= 4 is 5.91 Å². The molecule has 0 atom stereocenters. The van der Waals surface area contributed by atoms with Gasteiger partial charge in [0.2, 0.25) is 5.91 Å². The maximum Gasteiger partial charge on any atom is 0.222 e. The van der Waals surface area contributed by atoms with E-state index in [1.807, 2.05) is 38.1 Å². The quantitative estimate of drug-likeness (QED) is 0.615.